The summed E-state index contributed by atoms with van der Waals surface area (Å²) in [5, 5.41) is 4.86. The van der Waals surface area contributed by atoms with E-state index >= 15 is 0 Å². The Labute approximate surface area is 105 Å². The van der Waals surface area contributed by atoms with Crippen molar-refractivity contribution in [2.75, 3.05) is 16.8 Å². The van der Waals surface area contributed by atoms with Crippen LogP contribution in [-0.4, -0.2) is 17.5 Å². The summed E-state index contributed by atoms with van der Waals surface area (Å²) in [6.07, 6.45) is 2.51. The van der Waals surface area contributed by atoms with Gasteiger partial charge in [0.1, 0.15) is 0 Å². The number of halogens is 2. The summed E-state index contributed by atoms with van der Waals surface area (Å²) >= 11 is 13.9. The highest BCUT2D eigenvalue weighted by Gasteiger charge is 2.14. The molecule has 0 aromatic heterocycles. The fourth-order valence-corrected chi connectivity index (χ4v) is 3.22. The molecule has 0 radical (unpaired) electrons. The van der Waals surface area contributed by atoms with Gasteiger partial charge in [-0.1, -0.05) is 23.2 Å². The van der Waals surface area contributed by atoms with Crippen molar-refractivity contribution < 1.29 is 0 Å². The quantitative estimate of drug-likeness (QED) is 0.852. The highest BCUT2D eigenvalue weighted by atomic mass is 35.5. The number of rotatable bonds is 2. The van der Waals surface area contributed by atoms with Crippen LogP contribution in [0.5, 0.6) is 0 Å². The van der Waals surface area contributed by atoms with Crippen LogP contribution >= 0.6 is 35.0 Å². The third-order valence-corrected chi connectivity index (χ3v) is 4.21. The van der Waals surface area contributed by atoms with Gasteiger partial charge in [-0.25, -0.2) is 0 Å². The zero-order chi connectivity index (χ0) is 10.7. The monoisotopic (exact) mass is 261 g/mol. The Bertz CT molecular complexity index is 337. The van der Waals surface area contributed by atoms with Crippen LogP contribution in [0.4, 0.5) is 5.69 Å². The van der Waals surface area contributed by atoms with Crippen LogP contribution in [0.25, 0.3) is 0 Å². The zero-order valence-electron chi connectivity index (χ0n) is 8.30. The summed E-state index contributed by atoms with van der Waals surface area (Å²) in [5.74, 6) is 2.45. The van der Waals surface area contributed by atoms with E-state index < -0.39 is 0 Å². The normalized spacial score (nSPS) is 21.3. The minimum Gasteiger partial charge on any atom is -0.380 e. The van der Waals surface area contributed by atoms with E-state index in [0.29, 0.717) is 16.1 Å². The van der Waals surface area contributed by atoms with E-state index in [9.17, 15) is 0 Å². The van der Waals surface area contributed by atoms with Crippen LogP contribution in [0.3, 0.4) is 0 Å². The number of hydrogen-bond donors (Lipinski definition) is 1. The number of hydrogen-bond acceptors (Lipinski definition) is 2. The molecule has 4 heteroatoms. The van der Waals surface area contributed by atoms with E-state index in [1.165, 1.54) is 24.3 Å². The minimum atomic E-state index is 0.544. The summed E-state index contributed by atoms with van der Waals surface area (Å²) in [5.41, 5.74) is 0.994. The molecule has 2 rings (SSSR count). The van der Waals surface area contributed by atoms with Gasteiger partial charge in [0.05, 0.1) is 10.7 Å². The summed E-state index contributed by atoms with van der Waals surface area (Å²) in [6.45, 7) is 0. The second-order valence-electron chi connectivity index (χ2n) is 3.68. The number of nitrogens with one attached hydrogen (secondary N) is 1. The van der Waals surface area contributed by atoms with Crippen LogP contribution in [0.2, 0.25) is 10.0 Å². The lowest BCUT2D eigenvalue weighted by Crippen LogP contribution is -2.25. The fourth-order valence-electron chi connectivity index (χ4n) is 1.68. The minimum absolute atomic E-state index is 0.544. The van der Waals surface area contributed by atoms with Gasteiger partial charge in [0.25, 0.3) is 0 Å². The third-order valence-electron chi connectivity index (χ3n) is 2.45. The first-order chi connectivity index (χ1) is 7.25. The maximum absolute atomic E-state index is 6.10. The van der Waals surface area contributed by atoms with Crippen LogP contribution in [-0.2, 0) is 0 Å². The van der Waals surface area contributed by atoms with Gasteiger partial charge in [0.15, 0.2) is 0 Å². The smallest absolute Gasteiger partial charge is 0.0652 e. The second kappa shape index (κ2) is 5.33. The van der Waals surface area contributed by atoms with E-state index in [2.05, 4.69) is 5.32 Å². The molecule has 1 aromatic carbocycles. The van der Waals surface area contributed by atoms with E-state index in [1.807, 2.05) is 23.9 Å². The van der Waals surface area contributed by atoms with Gasteiger partial charge < -0.3 is 5.32 Å². The first-order valence-electron chi connectivity index (χ1n) is 5.05. The van der Waals surface area contributed by atoms with Gasteiger partial charge >= 0.3 is 0 Å². The Balaban J connectivity index is 2.03. The van der Waals surface area contributed by atoms with Crippen molar-refractivity contribution in [1.29, 1.82) is 0 Å². The third kappa shape index (κ3) is 3.20. The molecule has 1 aromatic rings. The van der Waals surface area contributed by atoms with E-state index in [-0.39, 0.29) is 0 Å². The van der Waals surface area contributed by atoms with Crippen molar-refractivity contribution >= 4 is 40.7 Å². The largest absolute Gasteiger partial charge is 0.380 e. The molecule has 15 heavy (non-hydrogen) atoms. The van der Waals surface area contributed by atoms with Crippen LogP contribution in [0.15, 0.2) is 18.2 Å². The van der Waals surface area contributed by atoms with Gasteiger partial charge in [-0.15, -0.1) is 0 Å². The van der Waals surface area contributed by atoms with Crippen molar-refractivity contribution in [1.82, 2.24) is 0 Å². The molecule has 1 fully saturated rings. The predicted molar refractivity (Wildman–Crippen MR) is 70.4 cm³/mol. The Kier molecular flexibility index (Phi) is 4.06. The molecule has 1 N–H and O–H groups in total. The highest BCUT2D eigenvalue weighted by Crippen LogP contribution is 2.28. The standard InChI is InChI=1S/C11H13Cl2NS/c12-8-3-4-11(10(13)6-8)14-9-2-1-5-15-7-9/h3-4,6,9,14H,1-2,5,7H2. The van der Waals surface area contributed by atoms with Crippen LogP contribution < -0.4 is 5.32 Å². The summed E-state index contributed by atoms with van der Waals surface area (Å²) in [6, 6.07) is 6.14. The number of benzene rings is 1. The van der Waals surface area contributed by atoms with Crippen molar-refractivity contribution in [3.8, 4) is 0 Å². The van der Waals surface area contributed by atoms with Gasteiger partial charge in [0, 0.05) is 16.8 Å². The van der Waals surface area contributed by atoms with Crippen LogP contribution in [0.1, 0.15) is 12.8 Å². The zero-order valence-corrected chi connectivity index (χ0v) is 10.6. The summed E-state index contributed by atoms with van der Waals surface area (Å²) in [4.78, 5) is 0. The lowest BCUT2D eigenvalue weighted by atomic mass is 10.1. The van der Waals surface area contributed by atoms with Crippen LogP contribution in [0, 0.1) is 0 Å². The van der Waals surface area contributed by atoms with E-state index in [1.54, 1.807) is 6.07 Å². The fraction of sp³-hybridized carbons (Fsp3) is 0.455. The Morgan fingerprint density at radius 2 is 2.20 bits per heavy atom. The van der Waals surface area contributed by atoms with E-state index in [0.717, 1.165) is 5.69 Å². The predicted octanol–water partition coefficient (Wildman–Crippen LogP) is 4.30. The maximum Gasteiger partial charge on any atom is 0.0652 e. The van der Waals surface area contributed by atoms with Gasteiger partial charge in [-0.2, -0.15) is 11.8 Å². The van der Waals surface area contributed by atoms with E-state index in [4.69, 9.17) is 23.2 Å². The van der Waals surface area contributed by atoms with Gasteiger partial charge in [-0.3, -0.25) is 0 Å². The molecule has 1 heterocycles. The lowest BCUT2D eigenvalue weighted by Gasteiger charge is -2.24. The summed E-state index contributed by atoms with van der Waals surface area (Å²) in [7, 11) is 0. The molecule has 0 saturated carbocycles. The van der Waals surface area contributed by atoms with Crippen molar-refractivity contribution in [3.63, 3.8) is 0 Å². The number of anilines is 1. The Hall–Kier alpha value is -0.0500. The molecule has 0 spiro atoms. The van der Waals surface area contributed by atoms with Crippen molar-refractivity contribution in [3.05, 3.63) is 28.2 Å². The Morgan fingerprint density at radius 1 is 1.33 bits per heavy atom. The average molecular weight is 262 g/mol. The second-order valence-corrected chi connectivity index (χ2v) is 5.68. The highest BCUT2D eigenvalue weighted by molar-refractivity contribution is 7.99. The molecule has 0 aliphatic carbocycles. The molecule has 0 amide bonds. The van der Waals surface area contributed by atoms with Gasteiger partial charge in [0.2, 0.25) is 0 Å². The average Bonchev–Trinajstić information content (AvgIpc) is 2.24. The lowest BCUT2D eigenvalue weighted by molar-refractivity contribution is 0.685. The van der Waals surface area contributed by atoms with Crippen molar-refractivity contribution in [2.45, 2.75) is 18.9 Å². The molecule has 1 atom stereocenters. The van der Waals surface area contributed by atoms with Gasteiger partial charge in [-0.05, 0) is 36.8 Å². The Morgan fingerprint density at radius 3 is 2.87 bits per heavy atom. The molecular formula is C11H13Cl2NS. The first kappa shape index (κ1) is 11.4. The molecule has 1 nitrogen and oxygen atoms in total. The topological polar surface area (TPSA) is 12.0 Å². The van der Waals surface area contributed by atoms with Crippen molar-refractivity contribution in [2.24, 2.45) is 0 Å². The molecule has 1 aliphatic rings. The molecule has 1 aliphatic heterocycles. The molecular weight excluding hydrogens is 249 g/mol. The molecule has 1 unspecified atom stereocenters. The maximum atomic E-state index is 6.10. The molecule has 0 bridgehead atoms. The SMILES string of the molecule is Clc1ccc(NC2CCCSC2)c(Cl)c1. The number of thioether (sulfide) groups is 1. The first-order valence-corrected chi connectivity index (χ1v) is 6.96. The molecule has 82 valence electrons. The summed E-state index contributed by atoms with van der Waals surface area (Å²) < 4.78 is 0. The molecule has 1 saturated heterocycles.